The molecule has 1 fully saturated rings. The zero-order valence-electron chi connectivity index (χ0n) is 10.2. The van der Waals surface area contributed by atoms with E-state index in [0.717, 1.165) is 31.6 Å². The maximum Gasteiger partial charge on any atom is 0.333 e. The lowest BCUT2D eigenvalue weighted by Gasteiger charge is -2.26. The molecule has 1 aromatic rings. The van der Waals surface area contributed by atoms with Crippen LogP contribution in [0, 0.1) is 23.0 Å². The molecule has 6 heteroatoms. The molecule has 1 aliphatic carbocycles. The first-order valence-electron chi connectivity index (χ1n) is 5.99. The van der Waals surface area contributed by atoms with Crippen molar-refractivity contribution in [1.29, 1.82) is 0 Å². The largest absolute Gasteiger partial charge is 0.378 e. The molecule has 0 radical (unpaired) electrons. The van der Waals surface area contributed by atoms with E-state index in [9.17, 15) is 10.1 Å². The fraction of sp³-hybridized carbons (Fsp3) is 0.727. The summed E-state index contributed by atoms with van der Waals surface area (Å²) in [6, 6.07) is 0.221. The fourth-order valence-electron chi connectivity index (χ4n) is 2.55. The van der Waals surface area contributed by atoms with Crippen molar-refractivity contribution in [3.05, 3.63) is 15.8 Å². The summed E-state index contributed by atoms with van der Waals surface area (Å²) < 4.78 is 1.65. The molecule has 0 aromatic carbocycles. The third-order valence-electron chi connectivity index (χ3n) is 3.60. The van der Waals surface area contributed by atoms with Gasteiger partial charge in [0.1, 0.15) is 5.69 Å². The summed E-state index contributed by atoms with van der Waals surface area (Å²) in [6.07, 6.45) is 4.28. The van der Waals surface area contributed by atoms with Gasteiger partial charge in [-0.05, 0) is 38.5 Å². The molecule has 1 saturated carbocycles. The Morgan fingerprint density at radius 3 is 2.47 bits per heavy atom. The van der Waals surface area contributed by atoms with E-state index < -0.39 is 4.92 Å². The number of hydrogen-bond acceptors (Lipinski definition) is 4. The Balaban J connectivity index is 2.28. The zero-order valence-corrected chi connectivity index (χ0v) is 10.2. The Morgan fingerprint density at radius 2 is 2.00 bits per heavy atom. The SMILES string of the molecule is Cc1nn(C2CCC(C)CC2)c(N)c1[N+](=O)[O-]. The van der Waals surface area contributed by atoms with Crippen molar-refractivity contribution in [3.8, 4) is 0 Å². The number of rotatable bonds is 2. The van der Waals surface area contributed by atoms with Crippen LogP contribution < -0.4 is 5.73 Å². The van der Waals surface area contributed by atoms with Crippen molar-refractivity contribution >= 4 is 11.5 Å². The third kappa shape index (κ3) is 2.11. The van der Waals surface area contributed by atoms with Crippen molar-refractivity contribution in [1.82, 2.24) is 9.78 Å². The van der Waals surface area contributed by atoms with Crippen LogP contribution in [0.2, 0.25) is 0 Å². The Bertz CT molecular complexity index is 433. The number of nitrogens with two attached hydrogens (primary N) is 1. The van der Waals surface area contributed by atoms with Gasteiger partial charge in [-0.1, -0.05) is 6.92 Å². The maximum atomic E-state index is 10.9. The predicted octanol–water partition coefficient (Wildman–Crippen LogP) is 2.43. The van der Waals surface area contributed by atoms with Crippen molar-refractivity contribution in [3.63, 3.8) is 0 Å². The molecule has 0 bridgehead atoms. The van der Waals surface area contributed by atoms with Gasteiger partial charge in [0.15, 0.2) is 0 Å². The molecule has 0 aliphatic heterocycles. The van der Waals surface area contributed by atoms with Gasteiger partial charge in [-0.3, -0.25) is 10.1 Å². The highest BCUT2D eigenvalue weighted by Gasteiger charge is 2.28. The van der Waals surface area contributed by atoms with Crippen molar-refractivity contribution in [2.24, 2.45) is 5.92 Å². The van der Waals surface area contributed by atoms with Crippen LogP contribution in [0.4, 0.5) is 11.5 Å². The first-order chi connectivity index (χ1) is 8.00. The Morgan fingerprint density at radius 1 is 1.41 bits per heavy atom. The number of aromatic nitrogens is 2. The second-order valence-electron chi connectivity index (χ2n) is 4.93. The van der Waals surface area contributed by atoms with Gasteiger partial charge in [0.05, 0.1) is 11.0 Å². The van der Waals surface area contributed by atoms with E-state index >= 15 is 0 Å². The van der Waals surface area contributed by atoms with Crippen LogP contribution in [0.3, 0.4) is 0 Å². The molecule has 0 amide bonds. The van der Waals surface area contributed by atoms with E-state index in [1.807, 2.05) is 0 Å². The molecule has 94 valence electrons. The lowest BCUT2D eigenvalue weighted by molar-refractivity contribution is -0.384. The Hall–Kier alpha value is -1.59. The summed E-state index contributed by atoms with van der Waals surface area (Å²) in [6.45, 7) is 3.87. The number of anilines is 1. The summed E-state index contributed by atoms with van der Waals surface area (Å²) in [5.41, 5.74) is 6.20. The summed E-state index contributed by atoms with van der Waals surface area (Å²) in [7, 11) is 0. The smallest absolute Gasteiger partial charge is 0.333 e. The highest BCUT2D eigenvalue weighted by molar-refractivity contribution is 5.56. The fourth-order valence-corrected chi connectivity index (χ4v) is 2.55. The standard InChI is InChI=1S/C11H18N4O2/c1-7-3-5-9(6-4-7)14-11(12)10(15(16)17)8(2)13-14/h7,9H,3-6,12H2,1-2H3. The molecule has 1 heterocycles. The van der Waals surface area contributed by atoms with Gasteiger partial charge in [0.25, 0.3) is 0 Å². The highest BCUT2D eigenvalue weighted by atomic mass is 16.6. The summed E-state index contributed by atoms with van der Waals surface area (Å²) in [5, 5.41) is 15.1. The van der Waals surface area contributed by atoms with Gasteiger partial charge in [-0.25, -0.2) is 4.68 Å². The second-order valence-corrected chi connectivity index (χ2v) is 4.93. The van der Waals surface area contributed by atoms with E-state index in [4.69, 9.17) is 5.73 Å². The predicted molar refractivity (Wildman–Crippen MR) is 64.7 cm³/mol. The van der Waals surface area contributed by atoms with E-state index in [-0.39, 0.29) is 17.5 Å². The van der Waals surface area contributed by atoms with Crippen LogP contribution in [0.1, 0.15) is 44.3 Å². The van der Waals surface area contributed by atoms with Gasteiger partial charge in [-0.2, -0.15) is 5.10 Å². The van der Waals surface area contributed by atoms with E-state index in [2.05, 4.69) is 12.0 Å². The molecular formula is C11H18N4O2. The minimum Gasteiger partial charge on any atom is -0.378 e. The topological polar surface area (TPSA) is 87.0 Å². The molecule has 1 aliphatic rings. The molecule has 0 spiro atoms. The normalized spacial score (nSPS) is 24.8. The quantitative estimate of drug-likeness (QED) is 0.633. The zero-order chi connectivity index (χ0) is 12.6. The first kappa shape index (κ1) is 11.9. The van der Waals surface area contributed by atoms with E-state index in [0.29, 0.717) is 5.69 Å². The number of nitrogens with zero attached hydrogens (tertiary/aromatic N) is 3. The average molecular weight is 238 g/mol. The number of aryl methyl sites for hydroxylation is 1. The van der Waals surface area contributed by atoms with E-state index in [1.54, 1.807) is 11.6 Å². The Kier molecular flexibility index (Phi) is 3.04. The number of hydrogen-bond donors (Lipinski definition) is 1. The van der Waals surface area contributed by atoms with Gasteiger partial charge in [0, 0.05) is 0 Å². The van der Waals surface area contributed by atoms with Gasteiger partial charge in [0.2, 0.25) is 5.82 Å². The van der Waals surface area contributed by atoms with Crippen LogP contribution in [-0.4, -0.2) is 14.7 Å². The Labute approximate surface area is 99.9 Å². The van der Waals surface area contributed by atoms with Crippen LogP contribution in [0.5, 0.6) is 0 Å². The second kappa shape index (κ2) is 4.35. The molecule has 2 N–H and O–H groups in total. The van der Waals surface area contributed by atoms with Crippen LogP contribution in [-0.2, 0) is 0 Å². The molecular weight excluding hydrogens is 220 g/mol. The third-order valence-corrected chi connectivity index (χ3v) is 3.60. The molecule has 6 nitrogen and oxygen atoms in total. The average Bonchev–Trinajstić information content (AvgIpc) is 2.55. The van der Waals surface area contributed by atoms with Crippen molar-refractivity contribution in [2.45, 2.75) is 45.6 Å². The van der Waals surface area contributed by atoms with Crippen LogP contribution in [0.25, 0.3) is 0 Å². The molecule has 0 unspecified atom stereocenters. The highest BCUT2D eigenvalue weighted by Crippen LogP contribution is 2.36. The van der Waals surface area contributed by atoms with Crippen LogP contribution >= 0.6 is 0 Å². The molecule has 2 rings (SSSR count). The van der Waals surface area contributed by atoms with Crippen molar-refractivity contribution < 1.29 is 4.92 Å². The first-order valence-corrected chi connectivity index (χ1v) is 5.99. The summed E-state index contributed by atoms with van der Waals surface area (Å²) in [4.78, 5) is 10.4. The maximum absolute atomic E-state index is 10.9. The van der Waals surface area contributed by atoms with Gasteiger partial charge < -0.3 is 5.73 Å². The summed E-state index contributed by atoms with van der Waals surface area (Å²) in [5.74, 6) is 0.936. The molecule has 1 aromatic heterocycles. The molecule has 0 atom stereocenters. The van der Waals surface area contributed by atoms with Gasteiger partial charge >= 0.3 is 5.69 Å². The molecule has 0 saturated heterocycles. The lowest BCUT2D eigenvalue weighted by atomic mass is 9.87. The number of nitrogen functional groups attached to an aromatic ring is 1. The molecule has 17 heavy (non-hydrogen) atoms. The monoisotopic (exact) mass is 238 g/mol. The van der Waals surface area contributed by atoms with Crippen LogP contribution in [0.15, 0.2) is 0 Å². The number of nitro groups is 1. The lowest BCUT2D eigenvalue weighted by Crippen LogP contribution is -2.19. The van der Waals surface area contributed by atoms with E-state index in [1.165, 1.54) is 0 Å². The summed E-state index contributed by atoms with van der Waals surface area (Å²) >= 11 is 0. The minimum atomic E-state index is -0.445. The minimum absolute atomic E-state index is 0.0383. The van der Waals surface area contributed by atoms with Crippen molar-refractivity contribution in [2.75, 3.05) is 5.73 Å². The van der Waals surface area contributed by atoms with Gasteiger partial charge in [-0.15, -0.1) is 0 Å².